The third-order valence-electron chi connectivity index (χ3n) is 3.35. The maximum Gasteiger partial charge on any atom is 0.0118 e. The average Bonchev–Trinajstić information content (AvgIpc) is 2.15. The van der Waals surface area contributed by atoms with Crippen LogP contribution in [-0.2, 0) is 0 Å². The molecule has 0 heterocycles. The monoisotopic (exact) mass is 184 g/mol. The van der Waals surface area contributed by atoms with Crippen molar-refractivity contribution < 1.29 is 0 Å². The third-order valence-corrected chi connectivity index (χ3v) is 3.35. The van der Waals surface area contributed by atoms with Crippen molar-refractivity contribution in [1.29, 1.82) is 0 Å². The Hall–Kier alpha value is -0.0800. The van der Waals surface area contributed by atoms with Gasteiger partial charge in [0, 0.05) is 19.1 Å². The standard InChI is InChI=1S/C11H24N2/c1-10-6-4-5-7-11(10)13(3)9-8-12-2/h10-12H,4-9H2,1-3H3/t10-,11-/m1/s1. The smallest absolute Gasteiger partial charge is 0.0118 e. The van der Waals surface area contributed by atoms with Gasteiger partial charge in [-0.15, -0.1) is 0 Å². The second-order valence-corrected chi connectivity index (χ2v) is 4.41. The van der Waals surface area contributed by atoms with Crippen LogP contribution < -0.4 is 5.32 Å². The number of hydrogen-bond donors (Lipinski definition) is 1. The number of hydrogen-bond acceptors (Lipinski definition) is 2. The Morgan fingerprint density at radius 2 is 2.00 bits per heavy atom. The predicted molar refractivity (Wildman–Crippen MR) is 58.0 cm³/mol. The van der Waals surface area contributed by atoms with E-state index in [1.165, 1.54) is 32.2 Å². The summed E-state index contributed by atoms with van der Waals surface area (Å²) in [6.07, 6.45) is 5.70. The molecule has 0 aromatic rings. The second kappa shape index (κ2) is 5.61. The van der Waals surface area contributed by atoms with Gasteiger partial charge < -0.3 is 10.2 Å². The van der Waals surface area contributed by atoms with Crippen LogP contribution in [0.25, 0.3) is 0 Å². The van der Waals surface area contributed by atoms with Crippen molar-refractivity contribution >= 4 is 0 Å². The predicted octanol–water partition coefficient (Wildman–Crippen LogP) is 1.72. The SMILES string of the molecule is CNCCN(C)[C@@H]1CCCC[C@H]1C. The normalized spacial score (nSPS) is 29.5. The zero-order valence-electron chi connectivity index (χ0n) is 9.34. The van der Waals surface area contributed by atoms with Crippen LogP contribution in [0.4, 0.5) is 0 Å². The molecule has 1 saturated carbocycles. The second-order valence-electron chi connectivity index (χ2n) is 4.41. The zero-order valence-corrected chi connectivity index (χ0v) is 9.34. The Bertz CT molecular complexity index is 136. The zero-order chi connectivity index (χ0) is 9.68. The van der Waals surface area contributed by atoms with Gasteiger partial charge in [-0.1, -0.05) is 19.8 Å². The minimum Gasteiger partial charge on any atom is -0.318 e. The molecule has 0 bridgehead atoms. The van der Waals surface area contributed by atoms with E-state index in [2.05, 4.69) is 24.2 Å². The maximum absolute atomic E-state index is 3.21. The third kappa shape index (κ3) is 3.28. The molecule has 1 rings (SSSR count). The fourth-order valence-electron chi connectivity index (χ4n) is 2.41. The lowest BCUT2D eigenvalue weighted by molar-refractivity contribution is 0.141. The van der Waals surface area contributed by atoms with Gasteiger partial charge in [0.1, 0.15) is 0 Å². The van der Waals surface area contributed by atoms with Gasteiger partial charge in [-0.25, -0.2) is 0 Å². The minimum atomic E-state index is 0.835. The number of rotatable bonds is 4. The summed E-state index contributed by atoms with van der Waals surface area (Å²) in [4.78, 5) is 2.53. The van der Waals surface area contributed by atoms with Crippen molar-refractivity contribution in [1.82, 2.24) is 10.2 Å². The number of nitrogens with zero attached hydrogens (tertiary/aromatic N) is 1. The number of likely N-dealkylation sites (N-methyl/N-ethyl adjacent to an activating group) is 2. The van der Waals surface area contributed by atoms with E-state index in [0.29, 0.717) is 0 Å². The number of nitrogens with one attached hydrogen (secondary N) is 1. The summed E-state index contributed by atoms with van der Waals surface area (Å²) >= 11 is 0. The van der Waals surface area contributed by atoms with E-state index in [9.17, 15) is 0 Å². The van der Waals surface area contributed by atoms with Gasteiger partial charge >= 0.3 is 0 Å². The highest BCUT2D eigenvalue weighted by Gasteiger charge is 2.24. The van der Waals surface area contributed by atoms with Gasteiger partial charge in [0.15, 0.2) is 0 Å². The Labute approximate surface area is 82.7 Å². The molecule has 0 radical (unpaired) electrons. The topological polar surface area (TPSA) is 15.3 Å². The first-order valence-electron chi connectivity index (χ1n) is 5.60. The molecule has 78 valence electrons. The molecule has 13 heavy (non-hydrogen) atoms. The summed E-state index contributed by atoms with van der Waals surface area (Å²) < 4.78 is 0. The van der Waals surface area contributed by atoms with E-state index in [0.717, 1.165) is 18.5 Å². The summed E-state index contributed by atoms with van der Waals surface area (Å²) in [5.41, 5.74) is 0. The lowest BCUT2D eigenvalue weighted by Crippen LogP contribution is -2.41. The summed E-state index contributed by atoms with van der Waals surface area (Å²) in [6, 6.07) is 0.835. The molecule has 1 fully saturated rings. The molecule has 0 amide bonds. The maximum atomic E-state index is 3.21. The Morgan fingerprint density at radius 3 is 2.62 bits per heavy atom. The van der Waals surface area contributed by atoms with Crippen LogP contribution in [0.15, 0.2) is 0 Å². The van der Waals surface area contributed by atoms with Gasteiger partial charge in [-0.05, 0) is 32.9 Å². The summed E-state index contributed by atoms with van der Waals surface area (Å²) in [6.45, 7) is 4.70. The van der Waals surface area contributed by atoms with Crippen molar-refractivity contribution in [3.63, 3.8) is 0 Å². The molecular weight excluding hydrogens is 160 g/mol. The lowest BCUT2D eigenvalue weighted by atomic mass is 9.85. The van der Waals surface area contributed by atoms with Crippen molar-refractivity contribution in [2.24, 2.45) is 5.92 Å². The Balaban J connectivity index is 2.30. The van der Waals surface area contributed by atoms with Gasteiger partial charge in [0.05, 0.1) is 0 Å². The molecule has 0 saturated heterocycles. The summed E-state index contributed by atoms with van der Waals surface area (Å²) in [5.74, 6) is 0.899. The van der Waals surface area contributed by atoms with Gasteiger partial charge in [0.25, 0.3) is 0 Å². The van der Waals surface area contributed by atoms with Crippen LogP contribution in [-0.4, -0.2) is 38.1 Å². The quantitative estimate of drug-likeness (QED) is 0.715. The van der Waals surface area contributed by atoms with Crippen molar-refractivity contribution in [2.75, 3.05) is 27.2 Å². The molecule has 2 nitrogen and oxygen atoms in total. The fraction of sp³-hybridized carbons (Fsp3) is 1.00. The lowest BCUT2D eigenvalue weighted by Gasteiger charge is -2.36. The first kappa shape index (κ1) is 11.0. The van der Waals surface area contributed by atoms with Crippen molar-refractivity contribution in [3.8, 4) is 0 Å². The molecule has 1 aliphatic rings. The van der Waals surface area contributed by atoms with E-state index in [-0.39, 0.29) is 0 Å². The molecule has 1 aliphatic carbocycles. The van der Waals surface area contributed by atoms with E-state index < -0.39 is 0 Å². The molecule has 2 heteroatoms. The molecule has 2 atom stereocenters. The van der Waals surface area contributed by atoms with Crippen LogP contribution in [0.3, 0.4) is 0 Å². The van der Waals surface area contributed by atoms with Gasteiger partial charge in [0.2, 0.25) is 0 Å². The minimum absolute atomic E-state index is 0.835. The van der Waals surface area contributed by atoms with E-state index >= 15 is 0 Å². The first-order chi connectivity index (χ1) is 6.25. The van der Waals surface area contributed by atoms with E-state index in [4.69, 9.17) is 0 Å². The van der Waals surface area contributed by atoms with Crippen LogP contribution in [0.1, 0.15) is 32.6 Å². The van der Waals surface area contributed by atoms with Crippen molar-refractivity contribution in [2.45, 2.75) is 38.6 Å². The summed E-state index contributed by atoms with van der Waals surface area (Å²) in [5, 5.41) is 3.21. The average molecular weight is 184 g/mol. The van der Waals surface area contributed by atoms with Gasteiger partial charge in [-0.2, -0.15) is 0 Å². The van der Waals surface area contributed by atoms with Crippen LogP contribution in [0, 0.1) is 5.92 Å². The van der Waals surface area contributed by atoms with E-state index in [1.54, 1.807) is 0 Å². The van der Waals surface area contributed by atoms with E-state index in [1.807, 2.05) is 7.05 Å². The molecule has 0 unspecified atom stereocenters. The van der Waals surface area contributed by atoms with Crippen molar-refractivity contribution in [3.05, 3.63) is 0 Å². The highest BCUT2D eigenvalue weighted by molar-refractivity contribution is 4.79. The molecular formula is C11H24N2. The molecule has 1 N–H and O–H groups in total. The fourth-order valence-corrected chi connectivity index (χ4v) is 2.41. The molecule has 0 aromatic carbocycles. The molecule has 0 aromatic heterocycles. The Kier molecular flexibility index (Phi) is 4.74. The van der Waals surface area contributed by atoms with Crippen LogP contribution in [0.2, 0.25) is 0 Å². The first-order valence-corrected chi connectivity index (χ1v) is 5.60. The van der Waals surface area contributed by atoms with Crippen LogP contribution >= 0.6 is 0 Å². The molecule has 0 spiro atoms. The van der Waals surface area contributed by atoms with Gasteiger partial charge in [-0.3, -0.25) is 0 Å². The Morgan fingerprint density at radius 1 is 1.31 bits per heavy atom. The van der Waals surface area contributed by atoms with Crippen LogP contribution in [0.5, 0.6) is 0 Å². The summed E-state index contributed by atoms with van der Waals surface area (Å²) in [7, 11) is 4.29. The molecule has 0 aliphatic heterocycles. The highest BCUT2D eigenvalue weighted by Crippen LogP contribution is 2.26. The largest absolute Gasteiger partial charge is 0.318 e. The highest BCUT2D eigenvalue weighted by atomic mass is 15.1.